The second-order valence-corrected chi connectivity index (χ2v) is 7.72. The molecule has 0 atom stereocenters. The van der Waals surface area contributed by atoms with Gasteiger partial charge in [0.1, 0.15) is 0 Å². The summed E-state index contributed by atoms with van der Waals surface area (Å²) in [5.41, 5.74) is 0.750. The third kappa shape index (κ3) is 9.70. The first-order valence-corrected chi connectivity index (χ1v) is 10.2. The van der Waals surface area contributed by atoms with Gasteiger partial charge in [0.25, 0.3) is 0 Å². The van der Waals surface area contributed by atoms with E-state index in [0.717, 1.165) is 36.2 Å². The standard InChI is InChI=1S/C19H26ClN5OS.HI/c1-3-21-19(23-12-10-18-24-13-14(2)27-18)22-11-4-5-17(26)25-16-8-6-15(20)7-9-16;/h6-9,13H,3-5,10-12H2,1-2H3,(H,25,26)(H2,21,22,23);1H. The molecule has 3 N–H and O–H groups in total. The van der Waals surface area contributed by atoms with Crippen molar-refractivity contribution >= 4 is 64.5 Å². The smallest absolute Gasteiger partial charge is 0.224 e. The normalized spacial score (nSPS) is 10.9. The van der Waals surface area contributed by atoms with Crippen LogP contribution in [0, 0.1) is 6.92 Å². The first kappa shape index (κ1) is 24.6. The van der Waals surface area contributed by atoms with E-state index in [0.29, 0.717) is 24.4 Å². The topological polar surface area (TPSA) is 78.4 Å². The number of anilines is 1. The molecular formula is C19H27ClIN5OS. The Labute approximate surface area is 192 Å². The van der Waals surface area contributed by atoms with Gasteiger partial charge in [0.2, 0.25) is 5.91 Å². The van der Waals surface area contributed by atoms with E-state index >= 15 is 0 Å². The van der Waals surface area contributed by atoms with Crippen LogP contribution in [0.4, 0.5) is 5.69 Å². The molecule has 6 nitrogen and oxygen atoms in total. The van der Waals surface area contributed by atoms with Gasteiger partial charge in [-0.2, -0.15) is 0 Å². The molecule has 0 aliphatic carbocycles. The Morgan fingerprint density at radius 3 is 2.64 bits per heavy atom. The van der Waals surface area contributed by atoms with Crippen LogP contribution < -0.4 is 16.0 Å². The van der Waals surface area contributed by atoms with Crippen LogP contribution >= 0.6 is 46.9 Å². The number of carbonyl (C=O) groups excluding carboxylic acids is 1. The van der Waals surface area contributed by atoms with Crippen molar-refractivity contribution in [1.29, 1.82) is 0 Å². The SMILES string of the molecule is CCNC(=NCCCC(=O)Nc1ccc(Cl)cc1)NCCc1ncc(C)s1.I. The van der Waals surface area contributed by atoms with E-state index in [1.165, 1.54) is 4.88 Å². The second kappa shape index (κ2) is 13.7. The molecule has 154 valence electrons. The molecule has 1 aromatic carbocycles. The van der Waals surface area contributed by atoms with E-state index in [1.54, 1.807) is 35.6 Å². The van der Waals surface area contributed by atoms with Crippen LogP contribution in [0.15, 0.2) is 35.5 Å². The van der Waals surface area contributed by atoms with Crippen molar-refractivity contribution in [3.8, 4) is 0 Å². The van der Waals surface area contributed by atoms with Gasteiger partial charge in [-0.05, 0) is 44.5 Å². The average Bonchev–Trinajstić information content (AvgIpc) is 3.06. The minimum absolute atomic E-state index is 0. The summed E-state index contributed by atoms with van der Waals surface area (Å²) in [7, 11) is 0. The molecule has 1 aromatic heterocycles. The van der Waals surface area contributed by atoms with E-state index in [-0.39, 0.29) is 29.9 Å². The first-order chi connectivity index (χ1) is 13.1. The molecule has 0 saturated carbocycles. The molecule has 1 heterocycles. The molecule has 0 aliphatic heterocycles. The predicted octanol–water partition coefficient (Wildman–Crippen LogP) is 4.24. The molecule has 0 bridgehead atoms. The molecule has 9 heteroatoms. The minimum atomic E-state index is -0.0235. The summed E-state index contributed by atoms with van der Waals surface area (Å²) < 4.78 is 0. The summed E-state index contributed by atoms with van der Waals surface area (Å²) in [4.78, 5) is 22.1. The quantitative estimate of drug-likeness (QED) is 0.194. The van der Waals surface area contributed by atoms with Crippen molar-refractivity contribution < 1.29 is 4.79 Å². The molecule has 2 aromatic rings. The van der Waals surface area contributed by atoms with Gasteiger partial charge in [-0.15, -0.1) is 35.3 Å². The lowest BCUT2D eigenvalue weighted by atomic mass is 10.2. The molecule has 0 spiro atoms. The Kier molecular flexibility index (Phi) is 12.1. The van der Waals surface area contributed by atoms with Gasteiger partial charge in [0, 0.05) is 54.3 Å². The van der Waals surface area contributed by atoms with E-state index in [4.69, 9.17) is 11.6 Å². The number of amides is 1. The number of carbonyl (C=O) groups is 1. The van der Waals surface area contributed by atoms with Crippen LogP contribution in [0.25, 0.3) is 0 Å². The Morgan fingerprint density at radius 2 is 2.00 bits per heavy atom. The lowest BCUT2D eigenvalue weighted by molar-refractivity contribution is -0.116. The third-order valence-electron chi connectivity index (χ3n) is 3.60. The number of benzene rings is 1. The zero-order valence-corrected chi connectivity index (χ0v) is 20.0. The fourth-order valence-corrected chi connectivity index (χ4v) is 3.25. The monoisotopic (exact) mass is 535 g/mol. The number of halogens is 2. The van der Waals surface area contributed by atoms with E-state index in [9.17, 15) is 4.79 Å². The third-order valence-corrected chi connectivity index (χ3v) is 4.83. The molecule has 0 saturated heterocycles. The maximum Gasteiger partial charge on any atom is 0.224 e. The van der Waals surface area contributed by atoms with Gasteiger partial charge in [-0.25, -0.2) is 4.98 Å². The van der Waals surface area contributed by atoms with Crippen LogP contribution in [-0.2, 0) is 11.2 Å². The fourth-order valence-electron chi connectivity index (χ4n) is 2.33. The lowest BCUT2D eigenvalue weighted by Gasteiger charge is -2.10. The number of hydrogen-bond donors (Lipinski definition) is 3. The highest BCUT2D eigenvalue weighted by Crippen LogP contribution is 2.13. The van der Waals surface area contributed by atoms with Crippen molar-refractivity contribution in [2.45, 2.75) is 33.1 Å². The fraction of sp³-hybridized carbons (Fsp3) is 0.421. The van der Waals surface area contributed by atoms with Crippen molar-refractivity contribution in [2.75, 3.05) is 25.0 Å². The van der Waals surface area contributed by atoms with E-state index in [1.807, 2.05) is 13.1 Å². The molecule has 0 unspecified atom stereocenters. The number of guanidine groups is 1. The molecule has 0 aliphatic rings. The Hall–Kier alpha value is -1.39. The van der Waals surface area contributed by atoms with Crippen molar-refractivity contribution in [3.05, 3.63) is 45.4 Å². The van der Waals surface area contributed by atoms with Gasteiger partial charge in [-0.3, -0.25) is 9.79 Å². The zero-order valence-electron chi connectivity index (χ0n) is 16.1. The van der Waals surface area contributed by atoms with Crippen LogP contribution in [0.5, 0.6) is 0 Å². The van der Waals surface area contributed by atoms with Gasteiger partial charge in [-0.1, -0.05) is 11.6 Å². The number of aromatic nitrogens is 1. The van der Waals surface area contributed by atoms with Gasteiger partial charge < -0.3 is 16.0 Å². The number of aryl methyl sites for hydroxylation is 1. The Morgan fingerprint density at radius 1 is 1.25 bits per heavy atom. The number of nitrogens with zero attached hydrogens (tertiary/aromatic N) is 2. The maximum atomic E-state index is 12.0. The van der Waals surface area contributed by atoms with E-state index < -0.39 is 0 Å². The summed E-state index contributed by atoms with van der Waals surface area (Å²) >= 11 is 7.55. The number of rotatable bonds is 9. The van der Waals surface area contributed by atoms with E-state index in [2.05, 4.69) is 32.9 Å². The van der Waals surface area contributed by atoms with Gasteiger partial charge >= 0.3 is 0 Å². The van der Waals surface area contributed by atoms with Gasteiger partial charge in [0.15, 0.2) is 5.96 Å². The summed E-state index contributed by atoms with van der Waals surface area (Å²) in [6.07, 6.45) is 3.87. The summed E-state index contributed by atoms with van der Waals surface area (Å²) in [5, 5.41) is 11.1. The second-order valence-electron chi connectivity index (χ2n) is 5.96. The van der Waals surface area contributed by atoms with Crippen molar-refractivity contribution in [1.82, 2.24) is 15.6 Å². The van der Waals surface area contributed by atoms with Crippen LogP contribution in [-0.4, -0.2) is 36.5 Å². The molecule has 1 amide bonds. The van der Waals surface area contributed by atoms with Crippen LogP contribution in [0.2, 0.25) is 5.02 Å². The molecule has 2 rings (SSSR count). The highest BCUT2D eigenvalue weighted by molar-refractivity contribution is 14.0. The lowest BCUT2D eigenvalue weighted by Crippen LogP contribution is -2.38. The zero-order chi connectivity index (χ0) is 19.5. The number of hydrogen-bond acceptors (Lipinski definition) is 4. The number of aliphatic imine (C=N–C) groups is 1. The molecular weight excluding hydrogens is 509 g/mol. The largest absolute Gasteiger partial charge is 0.357 e. The molecule has 28 heavy (non-hydrogen) atoms. The van der Waals surface area contributed by atoms with Crippen molar-refractivity contribution in [3.63, 3.8) is 0 Å². The first-order valence-electron chi connectivity index (χ1n) is 9.05. The van der Waals surface area contributed by atoms with Gasteiger partial charge in [0.05, 0.1) is 5.01 Å². The Bertz CT molecular complexity index is 751. The summed E-state index contributed by atoms with van der Waals surface area (Å²) in [5.74, 6) is 0.744. The number of thiazole rings is 1. The highest BCUT2D eigenvalue weighted by Gasteiger charge is 2.03. The average molecular weight is 536 g/mol. The predicted molar refractivity (Wildman–Crippen MR) is 129 cm³/mol. The van der Waals surface area contributed by atoms with Crippen LogP contribution in [0.3, 0.4) is 0 Å². The summed E-state index contributed by atoms with van der Waals surface area (Å²) in [6.45, 7) is 6.24. The maximum absolute atomic E-state index is 12.0. The summed E-state index contributed by atoms with van der Waals surface area (Å²) in [6, 6.07) is 7.08. The molecule has 0 radical (unpaired) electrons. The van der Waals surface area contributed by atoms with Crippen LogP contribution in [0.1, 0.15) is 29.7 Å². The highest BCUT2D eigenvalue weighted by atomic mass is 127. The molecule has 0 fully saturated rings. The van der Waals surface area contributed by atoms with Crippen molar-refractivity contribution in [2.24, 2.45) is 4.99 Å². The number of nitrogens with one attached hydrogen (secondary N) is 3. The Balaban J connectivity index is 0.00000392. The minimum Gasteiger partial charge on any atom is -0.357 e.